The van der Waals surface area contributed by atoms with Gasteiger partial charge in [0.2, 0.25) is 0 Å². The minimum Gasteiger partial charge on any atom is -0.456 e. The summed E-state index contributed by atoms with van der Waals surface area (Å²) >= 11 is 0. The maximum atomic E-state index is 7.10. The average Bonchev–Trinajstić information content (AvgIpc) is 3.77. The lowest BCUT2D eigenvalue weighted by Gasteiger charge is -2.21. The lowest BCUT2D eigenvalue weighted by Crippen LogP contribution is -2.23. The second-order valence-electron chi connectivity index (χ2n) is 16.8. The number of rotatable bonds is 7. The van der Waals surface area contributed by atoms with Gasteiger partial charge in [0, 0.05) is 53.0 Å². The Hall–Kier alpha value is -7.32. The highest BCUT2D eigenvalue weighted by atomic mass is 16.5. The van der Waals surface area contributed by atoms with Crippen LogP contribution in [0.5, 0.6) is 11.5 Å². The van der Waals surface area contributed by atoms with Crippen LogP contribution in [0.1, 0.15) is 37.5 Å². The SMILES string of the molecule is Cc1ccc(-c2nc(-c3ccc(C)cc3)nc(-c3cc4c5ccccc5n(-c5cc(C(C)(C)C)ccn5)c4cc3Oc3cccc(N4CN(C)c5ccccc54)c3)n2)cc1. The molecule has 0 fully saturated rings. The number of ether oxygens (including phenoxy) is 1. The molecule has 0 bridgehead atoms. The highest BCUT2D eigenvalue weighted by molar-refractivity contribution is 6.11. The zero-order valence-electron chi connectivity index (χ0n) is 34.7. The van der Waals surface area contributed by atoms with E-state index in [1.165, 1.54) is 11.3 Å². The first-order chi connectivity index (χ1) is 29.1. The van der Waals surface area contributed by atoms with Crippen LogP contribution in [0.3, 0.4) is 0 Å². The van der Waals surface area contributed by atoms with Gasteiger partial charge < -0.3 is 14.5 Å². The van der Waals surface area contributed by atoms with Crippen molar-refractivity contribution < 1.29 is 4.74 Å². The molecule has 60 heavy (non-hydrogen) atoms. The van der Waals surface area contributed by atoms with Gasteiger partial charge in [0.1, 0.15) is 17.3 Å². The van der Waals surface area contributed by atoms with Crippen LogP contribution in [-0.4, -0.2) is 38.2 Å². The van der Waals surface area contributed by atoms with Crippen molar-refractivity contribution in [3.05, 3.63) is 168 Å². The van der Waals surface area contributed by atoms with Crippen LogP contribution in [0, 0.1) is 13.8 Å². The predicted molar refractivity (Wildman–Crippen MR) is 245 cm³/mol. The van der Waals surface area contributed by atoms with E-state index >= 15 is 0 Å². The molecule has 0 spiro atoms. The Morgan fingerprint density at radius 2 is 1.23 bits per heavy atom. The van der Waals surface area contributed by atoms with Gasteiger partial charge in [-0.05, 0) is 73.4 Å². The topological polar surface area (TPSA) is 72.2 Å². The summed E-state index contributed by atoms with van der Waals surface area (Å²) in [6.45, 7) is 11.6. The van der Waals surface area contributed by atoms with Gasteiger partial charge in [-0.25, -0.2) is 19.9 Å². The highest BCUT2D eigenvalue weighted by Gasteiger charge is 2.26. The summed E-state index contributed by atoms with van der Waals surface area (Å²) in [5.74, 6) is 3.85. The molecule has 4 heterocycles. The third kappa shape index (κ3) is 6.70. The molecule has 0 amide bonds. The van der Waals surface area contributed by atoms with Gasteiger partial charge in [-0.3, -0.25) is 4.57 Å². The molecular formula is C52H45N7O. The smallest absolute Gasteiger partial charge is 0.167 e. The largest absolute Gasteiger partial charge is 0.456 e. The molecule has 0 unspecified atom stereocenters. The Balaban J connectivity index is 1.21. The molecule has 294 valence electrons. The fraction of sp³-hybridized carbons (Fsp3) is 0.154. The molecule has 9 aromatic rings. The summed E-state index contributed by atoms with van der Waals surface area (Å²) in [5, 5.41) is 2.13. The van der Waals surface area contributed by atoms with Crippen LogP contribution in [-0.2, 0) is 5.41 Å². The molecule has 0 saturated carbocycles. The van der Waals surface area contributed by atoms with E-state index in [0.717, 1.165) is 73.5 Å². The number of para-hydroxylation sites is 3. The summed E-state index contributed by atoms with van der Waals surface area (Å²) in [4.78, 5) is 25.0. The molecule has 8 heteroatoms. The predicted octanol–water partition coefficient (Wildman–Crippen LogP) is 12.6. The molecular weight excluding hydrogens is 739 g/mol. The van der Waals surface area contributed by atoms with E-state index in [-0.39, 0.29) is 5.41 Å². The summed E-state index contributed by atoms with van der Waals surface area (Å²) in [5.41, 5.74) is 11.4. The quantitative estimate of drug-likeness (QED) is 0.159. The zero-order valence-corrected chi connectivity index (χ0v) is 34.7. The van der Waals surface area contributed by atoms with Crippen LogP contribution in [0.15, 0.2) is 152 Å². The Bertz CT molecular complexity index is 3010. The maximum Gasteiger partial charge on any atom is 0.167 e. The minimum atomic E-state index is -0.0590. The van der Waals surface area contributed by atoms with Crippen molar-refractivity contribution in [2.45, 2.75) is 40.0 Å². The van der Waals surface area contributed by atoms with Crippen molar-refractivity contribution in [3.63, 3.8) is 0 Å². The molecule has 0 atom stereocenters. The van der Waals surface area contributed by atoms with E-state index in [1.807, 2.05) is 12.3 Å². The number of fused-ring (bicyclic) bond motifs is 4. The first-order valence-corrected chi connectivity index (χ1v) is 20.4. The third-order valence-corrected chi connectivity index (χ3v) is 11.4. The monoisotopic (exact) mass is 783 g/mol. The summed E-state index contributed by atoms with van der Waals surface area (Å²) in [7, 11) is 2.12. The van der Waals surface area contributed by atoms with Crippen LogP contribution in [0.2, 0.25) is 0 Å². The molecule has 3 aromatic heterocycles. The second kappa shape index (κ2) is 14.5. The second-order valence-corrected chi connectivity index (χ2v) is 16.8. The Labute approximate surface area is 350 Å². The standard InChI is InChI=1S/C52H45N7O/c1-33-18-22-35(23-19-33)49-54-50(36-24-20-34(2)21-25-36)56-51(55-49)42-30-41-40-14-7-8-15-43(40)59(48-28-37(26-27-53-48)52(3,4)5)46(41)31-47(42)60-39-13-11-12-38(29-39)58-32-57(6)44-16-9-10-17-45(44)58/h7-31H,32H2,1-6H3. The average molecular weight is 784 g/mol. The normalized spacial score (nSPS) is 12.7. The number of nitrogens with zero attached hydrogens (tertiary/aromatic N) is 7. The Kier molecular flexibility index (Phi) is 8.94. The number of anilines is 3. The molecule has 8 nitrogen and oxygen atoms in total. The molecule has 0 radical (unpaired) electrons. The summed E-state index contributed by atoms with van der Waals surface area (Å²) in [6, 6.07) is 50.5. The van der Waals surface area contributed by atoms with E-state index < -0.39 is 0 Å². The molecule has 1 aliphatic heterocycles. The molecule has 0 N–H and O–H groups in total. The van der Waals surface area contributed by atoms with Gasteiger partial charge in [0.15, 0.2) is 17.5 Å². The molecule has 0 aliphatic carbocycles. The first kappa shape index (κ1) is 37.0. The van der Waals surface area contributed by atoms with Gasteiger partial charge in [-0.15, -0.1) is 0 Å². The summed E-state index contributed by atoms with van der Waals surface area (Å²) in [6.07, 6.45) is 1.91. The van der Waals surface area contributed by atoms with Gasteiger partial charge in [0.25, 0.3) is 0 Å². The molecule has 6 aromatic carbocycles. The van der Waals surface area contributed by atoms with Crippen LogP contribution in [0.25, 0.3) is 61.8 Å². The van der Waals surface area contributed by atoms with E-state index in [0.29, 0.717) is 29.0 Å². The van der Waals surface area contributed by atoms with Gasteiger partial charge >= 0.3 is 0 Å². The Morgan fingerprint density at radius 3 is 1.93 bits per heavy atom. The van der Waals surface area contributed by atoms with E-state index in [9.17, 15) is 0 Å². The number of pyridine rings is 1. The van der Waals surface area contributed by atoms with Crippen molar-refractivity contribution in [1.29, 1.82) is 0 Å². The number of aryl methyl sites for hydroxylation is 2. The van der Waals surface area contributed by atoms with Crippen molar-refractivity contribution >= 4 is 38.9 Å². The van der Waals surface area contributed by atoms with Crippen LogP contribution < -0.4 is 14.5 Å². The molecule has 1 aliphatic rings. The van der Waals surface area contributed by atoms with E-state index in [1.54, 1.807) is 0 Å². The number of aromatic nitrogens is 5. The number of hydrogen-bond donors (Lipinski definition) is 0. The van der Waals surface area contributed by atoms with Gasteiger partial charge in [0.05, 0.1) is 34.6 Å². The highest BCUT2D eigenvalue weighted by Crippen LogP contribution is 2.44. The third-order valence-electron chi connectivity index (χ3n) is 11.4. The van der Waals surface area contributed by atoms with E-state index in [2.05, 4.69) is 196 Å². The van der Waals surface area contributed by atoms with Crippen molar-refractivity contribution in [1.82, 2.24) is 24.5 Å². The molecule has 10 rings (SSSR count). The van der Waals surface area contributed by atoms with Crippen molar-refractivity contribution in [2.24, 2.45) is 0 Å². The number of hydrogen-bond acceptors (Lipinski definition) is 7. The Morgan fingerprint density at radius 1 is 0.583 bits per heavy atom. The fourth-order valence-electron chi connectivity index (χ4n) is 8.11. The van der Waals surface area contributed by atoms with Gasteiger partial charge in [-0.2, -0.15) is 0 Å². The van der Waals surface area contributed by atoms with Crippen LogP contribution in [0.4, 0.5) is 17.1 Å². The lowest BCUT2D eigenvalue weighted by molar-refractivity contribution is 0.484. The van der Waals surface area contributed by atoms with Gasteiger partial charge in [-0.1, -0.05) is 117 Å². The van der Waals surface area contributed by atoms with E-state index in [4.69, 9.17) is 24.7 Å². The maximum absolute atomic E-state index is 7.10. The number of benzene rings is 6. The summed E-state index contributed by atoms with van der Waals surface area (Å²) < 4.78 is 9.34. The zero-order chi connectivity index (χ0) is 41.1. The van der Waals surface area contributed by atoms with Crippen LogP contribution >= 0.6 is 0 Å². The van der Waals surface area contributed by atoms with Crippen molar-refractivity contribution in [3.8, 4) is 51.5 Å². The molecule has 0 saturated heterocycles. The van der Waals surface area contributed by atoms with Crippen molar-refractivity contribution in [2.75, 3.05) is 23.5 Å². The lowest BCUT2D eigenvalue weighted by atomic mass is 9.88. The first-order valence-electron chi connectivity index (χ1n) is 20.4. The minimum absolute atomic E-state index is 0.0590. The fourth-order valence-corrected chi connectivity index (χ4v) is 8.11.